The Bertz CT molecular complexity index is 671. The Morgan fingerprint density at radius 2 is 2.20 bits per heavy atom. The second kappa shape index (κ2) is 6.40. The van der Waals surface area contributed by atoms with Crippen molar-refractivity contribution in [3.05, 3.63) is 11.7 Å². The van der Waals surface area contributed by atoms with Gasteiger partial charge < -0.3 is 19.3 Å². The normalized spacial score (nSPS) is 28.8. The van der Waals surface area contributed by atoms with E-state index in [0.29, 0.717) is 63.8 Å². The second-order valence-electron chi connectivity index (χ2n) is 7.43. The first-order chi connectivity index (χ1) is 12.1. The lowest BCUT2D eigenvalue weighted by atomic mass is 9.74. The maximum atomic E-state index is 12.5. The number of carbonyl (C=O) groups excluding carboxylic acids is 1. The summed E-state index contributed by atoms with van der Waals surface area (Å²) < 4.78 is 10.6. The molecule has 8 heteroatoms. The number of carboxylic acid groups (broad SMARTS) is 1. The number of hydrogen-bond acceptors (Lipinski definition) is 6. The van der Waals surface area contributed by atoms with Gasteiger partial charge in [0, 0.05) is 44.4 Å². The fourth-order valence-electron chi connectivity index (χ4n) is 3.92. The Kier molecular flexibility index (Phi) is 4.23. The quantitative estimate of drug-likeness (QED) is 0.823. The largest absolute Gasteiger partial charge is 0.481 e. The maximum absolute atomic E-state index is 12.5. The molecule has 0 bridgehead atoms. The molecule has 2 saturated heterocycles. The van der Waals surface area contributed by atoms with Crippen LogP contribution in [0.1, 0.15) is 49.7 Å². The first-order valence-corrected chi connectivity index (χ1v) is 9.00. The molecule has 0 aromatic carbocycles. The molecule has 1 aliphatic carbocycles. The molecule has 1 aromatic heterocycles. The van der Waals surface area contributed by atoms with E-state index in [1.165, 1.54) is 0 Å². The molecular weight excluding hydrogens is 326 g/mol. The van der Waals surface area contributed by atoms with E-state index in [9.17, 15) is 14.7 Å². The number of hydrogen-bond donors (Lipinski definition) is 1. The third-order valence-corrected chi connectivity index (χ3v) is 5.69. The summed E-state index contributed by atoms with van der Waals surface area (Å²) in [4.78, 5) is 30.3. The molecule has 8 nitrogen and oxygen atoms in total. The minimum absolute atomic E-state index is 0.00282. The average molecular weight is 349 g/mol. The van der Waals surface area contributed by atoms with E-state index in [1.54, 1.807) is 4.90 Å². The Hall–Kier alpha value is -1.96. The van der Waals surface area contributed by atoms with Gasteiger partial charge in [-0.3, -0.25) is 9.59 Å². The number of fused-ring (bicyclic) bond motifs is 1. The van der Waals surface area contributed by atoms with Gasteiger partial charge >= 0.3 is 5.97 Å². The van der Waals surface area contributed by atoms with Gasteiger partial charge in [0.2, 0.25) is 11.8 Å². The van der Waals surface area contributed by atoms with Crippen LogP contribution >= 0.6 is 0 Å². The van der Waals surface area contributed by atoms with Gasteiger partial charge in [0.15, 0.2) is 5.82 Å². The summed E-state index contributed by atoms with van der Waals surface area (Å²) in [6.45, 7) is 1.63. The molecule has 0 unspecified atom stereocenters. The number of rotatable bonds is 6. The lowest BCUT2D eigenvalue weighted by Gasteiger charge is -2.33. The van der Waals surface area contributed by atoms with Crippen molar-refractivity contribution in [1.82, 2.24) is 15.0 Å². The Labute approximate surface area is 145 Å². The van der Waals surface area contributed by atoms with Crippen LogP contribution in [0.2, 0.25) is 0 Å². The van der Waals surface area contributed by atoms with Crippen LogP contribution in [0.3, 0.4) is 0 Å². The summed E-state index contributed by atoms with van der Waals surface area (Å²) >= 11 is 0. The monoisotopic (exact) mass is 349 g/mol. The Balaban J connectivity index is 1.30. The van der Waals surface area contributed by atoms with Crippen LogP contribution in [0.4, 0.5) is 0 Å². The third-order valence-electron chi connectivity index (χ3n) is 5.69. The summed E-state index contributed by atoms with van der Waals surface area (Å²) in [5.74, 6) is 0.904. The molecule has 3 heterocycles. The SMILES string of the molecule is O=C(CCCc1nc(C2CC2)no1)N1C[C@H]2COCC[C@@]2(C(=O)O)C1. The van der Waals surface area contributed by atoms with Gasteiger partial charge in [-0.05, 0) is 25.7 Å². The van der Waals surface area contributed by atoms with Gasteiger partial charge in [-0.1, -0.05) is 5.16 Å². The summed E-state index contributed by atoms with van der Waals surface area (Å²) in [6, 6.07) is 0. The van der Waals surface area contributed by atoms with Gasteiger partial charge in [-0.25, -0.2) is 0 Å². The zero-order valence-electron chi connectivity index (χ0n) is 14.1. The van der Waals surface area contributed by atoms with Crippen molar-refractivity contribution < 1.29 is 24.0 Å². The topological polar surface area (TPSA) is 106 Å². The van der Waals surface area contributed by atoms with Crippen molar-refractivity contribution in [3.8, 4) is 0 Å². The highest BCUT2D eigenvalue weighted by Gasteiger charge is 2.54. The predicted molar refractivity (Wildman–Crippen MR) is 84.8 cm³/mol. The van der Waals surface area contributed by atoms with Gasteiger partial charge in [0.25, 0.3) is 0 Å². The van der Waals surface area contributed by atoms with E-state index in [-0.39, 0.29) is 11.8 Å². The van der Waals surface area contributed by atoms with Crippen molar-refractivity contribution >= 4 is 11.9 Å². The Morgan fingerprint density at radius 1 is 1.36 bits per heavy atom. The third kappa shape index (κ3) is 3.15. The zero-order valence-corrected chi connectivity index (χ0v) is 14.1. The first kappa shape index (κ1) is 16.5. The molecule has 0 spiro atoms. The second-order valence-corrected chi connectivity index (χ2v) is 7.43. The number of likely N-dealkylation sites (tertiary alicyclic amines) is 1. The molecule has 0 radical (unpaired) electrons. The van der Waals surface area contributed by atoms with Crippen molar-refractivity contribution in [2.24, 2.45) is 11.3 Å². The number of aryl methyl sites for hydroxylation is 1. The van der Waals surface area contributed by atoms with E-state index in [4.69, 9.17) is 9.26 Å². The van der Waals surface area contributed by atoms with Gasteiger partial charge in [0.05, 0.1) is 12.0 Å². The number of amides is 1. The highest BCUT2D eigenvalue weighted by molar-refractivity contribution is 5.81. The Morgan fingerprint density at radius 3 is 2.92 bits per heavy atom. The molecular formula is C17H23N3O5. The van der Waals surface area contributed by atoms with Crippen LogP contribution in [0, 0.1) is 11.3 Å². The summed E-state index contributed by atoms with van der Waals surface area (Å²) in [7, 11) is 0. The molecule has 3 aliphatic rings. The summed E-state index contributed by atoms with van der Waals surface area (Å²) in [5, 5.41) is 13.6. The lowest BCUT2D eigenvalue weighted by molar-refractivity contribution is -0.157. The van der Waals surface area contributed by atoms with E-state index < -0.39 is 11.4 Å². The van der Waals surface area contributed by atoms with Crippen LogP contribution < -0.4 is 0 Å². The van der Waals surface area contributed by atoms with E-state index in [1.807, 2.05) is 0 Å². The maximum Gasteiger partial charge on any atom is 0.311 e. The number of aromatic nitrogens is 2. The number of nitrogens with zero attached hydrogens (tertiary/aromatic N) is 3. The number of ether oxygens (including phenoxy) is 1. The molecule has 1 amide bonds. The van der Waals surface area contributed by atoms with E-state index >= 15 is 0 Å². The number of aliphatic carboxylic acids is 1. The fraction of sp³-hybridized carbons (Fsp3) is 0.765. The molecule has 3 fully saturated rings. The summed E-state index contributed by atoms with van der Waals surface area (Å²) in [5.41, 5.74) is -0.834. The molecule has 2 atom stereocenters. The van der Waals surface area contributed by atoms with Crippen molar-refractivity contribution in [2.75, 3.05) is 26.3 Å². The zero-order chi connectivity index (χ0) is 17.4. The smallest absolute Gasteiger partial charge is 0.311 e. The molecule has 25 heavy (non-hydrogen) atoms. The van der Waals surface area contributed by atoms with Crippen LogP contribution in [-0.2, 0) is 20.7 Å². The van der Waals surface area contributed by atoms with Crippen molar-refractivity contribution in [1.29, 1.82) is 0 Å². The number of carbonyl (C=O) groups is 2. The standard InChI is InChI=1S/C17H23N3O5/c21-14(3-1-2-13-18-15(19-25-13)11-4-5-11)20-8-12-9-24-7-6-17(12,10-20)16(22)23/h11-12H,1-10H2,(H,22,23)/t12-,17+/m0/s1. The highest BCUT2D eigenvalue weighted by atomic mass is 16.5. The lowest BCUT2D eigenvalue weighted by Crippen LogP contribution is -2.45. The van der Waals surface area contributed by atoms with Crippen LogP contribution in [0.25, 0.3) is 0 Å². The summed E-state index contributed by atoms with van der Waals surface area (Å²) in [6.07, 6.45) is 4.30. The van der Waals surface area contributed by atoms with Crippen LogP contribution in [0.15, 0.2) is 4.52 Å². The predicted octanol–water partition coefficient (Wildman–Crippen LogP) is 1.22. The van der Waals surface area contributed by atoms with Gasteiger partial charge in [-0.2, -0.15) is 4.98 Å². The van der Waals surface area contributed by atoms with E-state index in [2.05, 4.69) is 10.1 Å². The van der Waals surface area contributed by atoms with Gasteiger partial charge in [0.1, 0.15) is 0 Å². The minimum Gasteiger partial charge on any atom is -0.481 e. The molecule has 1 saturated carbocycles. The molecule has 1 N–H and O–H groups in total. The van der Waals surface area contributed by atoms with Crippen molar-refractivity contribution in [3.63, 3.8) is 0 Å². The fourth-order valence-corrected chi connectivity index (χ4v) is 3.92. The molecule has 4 rings (SSSR count). The van der Waals surface area contributed by atoms with Crippen LogP contribution in [-0.4, -0.2) is 58.3 Å². The van der Waals surface area contributed by atoms with Crippen LogP contribution in [0.5, 0.6) is 0 Å². The minimum atomic E-state index is -0.834. The highest BCUT2D eigenvalue weighted by Crippen LogP contribution is 2.42. The first-order valence-electron chi connectivity index (χ1n) is 9.00. The van der Waals surface area contributed by atoms with Crippen molar-refractivity contribution in [2.45, 2.75) is 44.4 Å². The molecule has 136 valence electrons. The van der Waals surface area contributed by atoms with Gasteiger partial charge in [-0.15, -0.1) is 0 Å². The van der Waals surface area contributed by atoms with E-state index in [0.717, 1.165) is 18.7 Å². The number of carboxylic acids is 1. The molecule has 2 aliphatic heterocycles. The molecule has 1 aromatic rings. The average Bonchev–Trinajstić information content (AvgIpc) is 3.20.